The number of pyridine rings is 1. The summed E-state index contributed by atoms with van der Waals surface area (Å²) in [5.41, 5.74) is 2.80. The second kappa shape index (κ2) is 4.67. The minimum absolute atomic E-state index is 0.148. The summed E-state index contributed by atoms with van der Waals surface area (Å²) >= 11 is 5.86. The summed E-state index contributed by atoms with van der Waals surface area (Å²) in [4.78, 5) is 15.6. The molecule has 86 valence electrons. The number of anilines is 1. The third-order valence-corrected chi connectivity index (χ3v) is 2.78. The van der Waals surface area contributed by atoms with Crippen LogP contribution in [0.4, 0.5) is 5.82 Å². The van der Waals surface area contributed by atoms with E-state index in [0.29, 0.717) is 22.3 Å². The fraction of sp³-hybridized carbons (Fsp3) is 0.400. The van der Waals surface area contributed by atoms with Crippen LogP contribution in [0, 0.1) is 5.92 Å². The number of carbonyl (C=O) groups is 1. The van der Waals surface area contributed by atoms with Gasteiger partial charge in [-0.05, 0) is 24.8 Å². The number of nitrogens with zero attached hydrogens (tertiary/aromatic N) is 1. The Morgan fingerprint density at radius 1 is 1.62 bits per heavy atom. The third kappa shape index (κ3) is 2.62. The van der Waals surface area contributed by atoms with Crippen LogP contribution in [0.3, 0.4) is 0 Å². The highest BCUT2D eigenvalue weighted by atomic mass is 35.5. The largest absolute Gasteiger partial charge is 0.352 e. The molecule has 0 atom stereocenters. The Kier molecular flexibility index (Phi) is 3.26. The zero-order valence-electron chi connectivity index (χ0n) is 8.66. The molecule has 2 rings (SSSR count). The fourth-order valence-corrected chi connectivity index (χ4v) is 1.55. The molecule has 1 aromatic rings. The number of nitrogens with two attached hydrogens (primary N) is 1. The van der Waals surface area contributed by atoms with E-state index in [-0.39, 0.29) is 5.91 Å². The quantitative estimate of drug-likeness (QED) is 0.545. The summed E-state index contributed by atoms with van der Waals surface area (Å²) in [6.07, 6.45) is 3.86. The summed E-state index contributed by atoms with van der Waals surface area (Å²) < 4.78 is 0. The number of halogens is 1. The maximum atomic E-state index is 11.7. The highest BCUT2D eigenvalue weighted by Gasteiger charge is 2.22. The molecule has 16 heavy (non-hydrogen) atoms. The molecule has 1 aromatic heterocycles. The first-order chi connectivity index (χ1) is 7.70. The maximum Gasteiger partial charge on any atom is 0.252 e. The van der Waals surface area contributed by atoms with Gasteiger partial charge in [0.25, 0.3) is 5.91 Å². The second-order valence-corrected chi connectivity index (χ2v) is 4.26. The number of nitrogens with one attached hydrogen (secondary N) is 2. The predicted octanol–water partition coefficient (Wildman–Crippen LogP) is 1.16. The van der Waals surface area contributed by atoms with Crippen LogP contribution >= 0.6 is 11.6 Å². The van der Waals surface area contributed by atoms with Gasteiger partial charge in [-0.1, -0.05) is 11.6 Å². The molecule has 0 aliphatic heterocycles. The van der Waals surface area contributed by atoms with Gasteiger partial charge in [0.2, 0.25) is 0 Å². The normalized spacial score (nSPS) is 14.6. The molecule has 4 N–H and O–H groups in total. The van der Waals surface area contributed by atoms with Crippen LogP contribution in [-0.4, -0.2) is 17.4 Å². The Morgan fingerprint density at radius 2 is 2.38 bits per heavy atom. The highest BCUT2D eigenvalue weighted by molar-refractivity contribution is 6.33. The molecule has 0 bridgehead atoms. The van der Waals surface area contributed by atoms with Crippen LogP contribution < -0.4 is 16.6 Å². The molecule has 1 heterocycles. The average Bonchev–Trinajstić information content (AvgIpc) is 3.09. The number of rotatable bonds is 4. The summed E-state index contributed by atoms with van der Waals surface area (Å²) in [7, 11) is 0. The van der Waals surface area contributed by atoms with Gasteiger partial charge in [-0.3, -0.25) is 4.79 Å². The van der Waals surface area contributed by atoms with E-state index >= 15 is 0 Å². The van der Waals surface area contributed by atoms with E-state index < -0.39 is 0 Å². The van der Waals surface area contributed by atoms with E-state index in [1.807, 2.05) is 0 Å². The first-order valence-corrected chi connectivity index (χ1v) is 5.49. The lowest BCUT2D eigenvalue weighted by molar-refractivity contribution is 0.0951. The SMILES string of the molecule is NNc1ncc(C(=O)NCC2CC2)cc1Cl. The lowest BCUT2D eigenvalue weighted by atomic mass is 10.2. The van der Waals surface area contributed by atoms with Gasteiger partial charge in [-0.15, -0.1) is 0 Å². The van der Waals surface area contributed by atoms with Crippen molar-refractivity contribution in [3.05, 3.63) is 22.8 Å². The van der Waals surface area contributed by atoms with E-state index in [9.17, 15) is 4.79 Å². The molecule has 1 aliphatic carbocycles. The first-order valence-electron chi connectivity index (χ1n) is 5.11. The Labute approximate surface area is 98.3 Å². The van der Waals surface area contributed by atoms with Crippen molar-refractivity contribution in [2.75, 3.05) is 12.0 Å². The molecule has 0 spiro atoms. The van der Waals surface area contributed by atoms with Crippen LogP contribution in [0.1, 0.15) is 23.2 Å². The van der Waals surface area contributed by atoms with Crippen LogP contribution in [0.25, 0.3) is 0 Å². The lowest BCUT2D eigenvalue weighted by Crippen LogP contribution is -2.25. The van der Waals surface area contributed by atoms with E-state index in [4.69, 9.17) is 17.4 Å². The minimum atomic E-state index is -0.148. The van der Waals surface area contributed by atoms with E-state index in [1.165, 1.54) is 19.0 Å². The molecule has 1 aliphatic rings. The first kappa shape index (κ1) is 11.2. The Hall–Kier alpha value is -1.33. The number of hydrazine groups is 1. The summed E-state index contributed by atoms with van der Waals surface area (Å²) in [6, 6.07) is 1.55. The number of hydrogen-bond acceptors (Lipinski definition) is 4. The van der Waals surface area contributed by atoms with Crippen molar-refractivity contribution in [2.24, 2.45) is 11.8 Å². The van der Waals surface area contributed by atoms with Crippen molar-refractivity contribution < 1.29 is 4.79 Å². The van der Waals surface area contributed by atoms with Crippen molar-refractivity contribution in [1.29, 1.82) is 0 Å². The van der Waals surface area contributed by atoms with Gasteiger partial charge in [0.05, 0.1) is 10.6 Å². The van der Waals surface area contributed by atoms with Gasteiger partial charge >= 0.3 is 0 Å². The van der Waals surface area contributed by atoms with Gasteiger partial charge in [0.1, 0.15) is 0 Å². The van der Waals surface area contributed by atoms with Gasteiger partial charge in [0.15, 0.2) is 5.82 Å². The van der Waals surface area contributed by atoms with E-state index in [1.54, 1.807) is 6.07 Å². The number of carbonyl (C=O) groups excluding carboxylic acids is 1. The van der Waals surface area contributed by atoms with Crippen molar-refractivity contribution >= 4 is 23.3 Å². The van der Waals surface area contributed by atoms with Crippen LogP contribution in [0.2, 0.25) is 5.02 Å². The topological polar surface area (TPSA) is 80.0 Å². The third-order valence-electron chi connectivity index (χ3n) is 2.49. The Bertz CT molecular complexity index is 406. The molecule has 0 saturated heterocycles. The molecule has 1 fully saturated rings. The molecule has 1 amide bonds. The minimum Gasteiger partial charge on any atom is -0.352 e. The molecule has 0 aromatic carbocycles. The smallest absolute Gasteiger partial charge is 0.252 e. The molecule has 0 unspecified atom stereocenters. The maximum absolute atomic E-state index is 11.7. The van der Waals surface area contributed by atoms with E-state index in [2.05, 4.69) is 15.7 Å². The zero-order chi connectivity index (χ0) is 11.5. The van der Waals surface area contributed by atoms with Crippen LogP contribution in [0.5, 0.6) is 0 Å². The van der Waals surface area contributed by atoms with Crippen molar-refractivity contribution in [1.82, 2.24) is 10.3 Å². The van der Waals surface area contributed by atoms with Crippen LogP contribution in [-0.2, 0) is 0 Å². The predicted molar refractivity (Wildman–Crippen MR) is 62.1 cm³/mol. The van der Waals surface area contributed by atoms with Crippen molar-refractivity contribution in [2.45, 2.75) is 12.8 Å². The summed E-state index contributed by atoms with van der Waals surface area (Å²) in [6.45, 7) is 0.730. The molecular formula is C10H13ClN4O. The average molecular weight is 241 g/mol. The highest BCUT2D eigenvalue weighted by Crippen LogP contribution is 2.27. The van der Waals surface area contributed by atoms with E-state index in [0.717, 1.165) is 6.54 Å². The van der Waals surface area contributed by atoms with Crippen LogP contribution in [0.15, 0.2) is 12.3 Å². The molecule has 6 heteroatoms. The standard InChI is InChI=1S/C10H13ClN4O/c11-8-3-7(5-13-9(8)15-12)10(16)14-4-6-1-2-6/h3,5-6H,1-2,4,12H2,(H,13,15)(H,14,16). The second-order valence-electron chi connectivity index (χ2n) is 3.85. The monoisotopic (exact) mass is 240 g/mol. The number of hydrogen-bond donors (Lipinski definition) is 3. The summed E-state index contributed by atoms with van der Waals surface area (Å²) in [5, 5.41) is 3.17. The number of aromatic nitrogens is 1. The Morgan fingerprint density at radius 3 is 2.94 bits per heavy atom. The zero-order valence-corrected chi connectivity index (χ0v) is 9.42. The number of amides is 1. The fourth-order valence-electron chi connectivity index (χ4n) is 1.33. The van der Waals surface area contributed by atoms with Crippen molar-refractivity contribution in [3.8, 4) is 0 Å². The van der Waals surface area contributed by atoms with Gasteiger partial charge in [-0.25, -0.2) is 10.8 Å². The molecule has 0 radical (unpaired) electrons. The summed E-state index contributed by atoms with van der Waals surface area (Å²) in [5.74, 6) is 6.05. The molecule has 5 nitrogen and oxygen atoms in total. The number of nitrogen functional groups attached to an aromatic ring is 1. The molecule has 1 saturated carbocycles. The van der Waals surface area contributed by atoms with Gasteiger partial charge in [0, 0.05) is 12.7 Å². The van der Waals surface area contributed by atoms with Gasteiger partial charge < -0.3 is 10.7 Å². The molecular weight excluding hydrogens is 228 g/mol. The van der Waals surface area contributed by atoms with Gasteiger partial charge in [-0.2, -0.15) is 0 Å². The van der Waals surface area contributed by atoms with Crippen molar-refractivity contribution in [3.63, 3.8) is 0 Å². The lowest BCUT2D eigenvalue weighted by Gasteiger charge is -2.06. The Balaban J connectivity index is 2.01.